The third kappa shape index (κ3) is 5.01. The van der Waals surface area contributed by atoms with Crippen LogP contribution in [-0.2, 0) is 10.0 Å². The summed E-state index contributed by atoms with van der Waals surface area (Å²) in [5, 5.41) is 2.73. The van der Waals surface area contributed by atoms with Crippen LogP contribution in [-0.4, -0.2) is 49.8 Å². The Labute approximate surface area is 174 Å². The van der Waals surface area contributed by atoms with Crippen molar-refractivity contribution in [1.82, 2.24) is 14.5 Å². The van der Waals surface area contributed by atoms with Crippen LogP contribution in [0.15, 0.2) is 64.1 Å². The number of aryl methyl sites for hydroxylation is 1. The van der Waals surface area contributed by atoms with Crippen molar-refractivity contribution in [3.05, 3.63) is 70.3 Å². The van der Waals surface area contributed by atoms with Crippen molar-refractivity contribution >= 4 is 38.1 Å². The van der Waals surface area contributed by atoms with E-state index in [4.69, 9.17) is 0 Å². The van der Waals surface area contributed by atoms with Crippen LogP contribution in [0.25, 0.3) is 6.08 Å². The number of halogens is 1. The second kappa shape index (κ2) is 8.89. The summed E-state index contributed by atoms with van der Waals surface area (Å²) in [6.45, 7) is 3.17. The summed E-state index contributed by atoms with van der Waals surface area (Å²) < 4.78 is 27.8. The Morgan fingerprint density at radius 1 is 1.07 bits per heavy atom. The first-order chi connectivity index (χ1) is 13.4. The smallest absolute Gasteiger partial charge is 0.321 e. The first kappa shape index (κ1) is 20.6. The average Bonchev–Trinajstić information content (AvgIpc) is 2.68. The Bertz CT molecular complexity index is 966. The van der Waals surface area contributed by atoms with Crippen molar-refractivity contribution in [3.63, 3.8) is 0 Å². The molecule has 0 aliphatic carbocycles. The van der Waals surface area contributed by atoms with E-state index in [-0.39, 0.29) is 24.0 Å². The van der Waals surface area contributed by atoms with Gasteiger partial charge in [0, 0.05) is 36.9 Å². The Balaban J connectivity index is 1.54. The predicted molar refractivity (Wildman–Crippen MR) is 113 cm³/mol. The molecule has 0 unspecified atom stereocenters. The highest BCUT2D eigenvalue weighted by atomic mass is 79.9. The zero-order valence-corrected chi connectivity index (χ0v) is 17.9. The van der Waals surface area contributed by atoms with Gasteiger partial charge in [-0.05, 0) is 42.8 Å². The Hall–Kier alpha value is -2.16. The molecule has 2 amide bonds. The minimum Gasteiger partial charge on any atom is -0.322 e. The molecule has 0 radical (unpaired) electrons. The van der Waals surface area contributed by atoms with E-state index in [9.17, 15) is 13.2 Å². The number of amides is 2. The number of hydrogen-bond acceptors (Lipinski definition) is 3. The second-order valence-electron chi connectivity index (χ2n) is 6.54. The van der Waals surface area contributed by atoms with E-state index in [2.05, 4.69) is 21.2 Å². The fourth-order valence-electron chi connectivity index (χ4n) is 2.90. The lowest BCUT2D eigenvalue weighted by Gasteiger charge is -2.33. The van der Waals surface area contributed by atoms with Gasteiger partial charge in [0.25, 0.3) is 0 Å². The molecular formula is C20H22BrN3O3S. The number of benzene rings is 2. The molecule has 3 rings (SSSR count). The second-order valence-corrected chi connectivity index (χ2v) is 9.40. The molecule has 1 aliphatic rings. The molecule has 0 aromatic heterocycles. The largest absolute Gasteiger partial charge is 0.322 e. The van der Waals surface area contributed by atoms with Gasteiger partial charge < -0.3 is 10.2 Å². The van der Waals surface area contributed by atoms with E-state index in [1.165, 1.54) is 4.31 Å². The SMILES string of the molecule is Cc1ccc(S(=O)(=O)N2CCN(C(=O)N/C=C/c3cccc(Br)c3)CC2)cc1. The van der Waals surface area contributed by atoms with Crippen LogP contribution in [0.5, 0.6) is 0 Å². The minimum absolute atomic E-state index is 0.237. The normalized spacial score (nSPS) is 15.7. The number of nitrogens with zero attached hydrogens (tertiary/aromatic N) is 2. The van der Waals surface area contributed by atoms with E-state index < -0.39 is 10.0 Å². The van der Waals surface area contributed by atoms with Gasteiger partial charge in [0.1, 0.15) is 0 Å². The van der Waals surface area contributed by atoms with Crippen molar-refractivity contribution in [2.75, 3.05) is 26.2 Å². The molecule has 1 fully saturated rings. The number of hydrogen-bond donors (Lipinski definition) is 1. The van der Waals surface area contributed by atoms with Gasteiger partial charge in [-0.1, -0.05) is 45.8 Å². The van der Waals surface area contributed by atoms with Gasteiger partial charge in [-0.2, -0.15) is 4.31 Å². The van der Waals surface area contributed by atoms with Crippen LogP contribution in [0.4, 0.5) is 4.79 Å². The first-order valence-corrected chi connectivity index (χ1v) is 11.1. The molecule has 1 heterocycles. The zero-order valence-electron chi connectivity index (χ0n) is 15.5. The van der Waals surface area contributed by atoms with Gasteiger partial charge in [-0.25, -0.2) is 13.2 Å². The van der Waals surface area contributed by atoms with Crippen molar-refractivity contribution in [1.29, 1.82) is 0 Å². The molecule has 2 aromatic carbocycles. The summed E-state index contributed by atoms with van der Waals surface area (Å²) in [6, 6.07) is 14.3. The molecule has 1 N–H and O–H groups in total. The third-order valence-corrected chi connectivity index (χ3v) is 6.92. The van der Waals surface area contributed by atoms with Crippen LogP contribution in [0.3, 0.4) is 0 Å². The number of rotatable bonds is 4. The summed E-state index contributed by atoms with van der Waals surface area (Å²) in [4.78, 5) is 14.2. The average molecular weight is 464 g/mol. The summed E-state index contributed by atoms with van der Waals surface area (Å²) in [5.74, 6) is 0. The molecule has 6 nitrogen and oxygen atoms in total. The number of nitrogens with one attached hydrogen (secondary N) is 1. The van der Waals surface area contributed by atoms with E-state index in [1.807, 2.05) is 31.2 Å². The maximum Gasteiger partial charge on any atom is 0.321 e. The highest BCUT2D eigenvalue weighted by Crippen LogP contribution is 2.18. The molecule has 1 aliphatic heterocycles. The fourth-order valence-corrected chi connectivity index (χ4v) is 4.74. The Kier molecular flexibility index (Phi) is 6.53. The lowest BCUT2D eigenvalue weighted by atomic mass is 10.2. The third-order valence-electron chi connectivity index (χ3n) is 4.52. The summed E-state index contributed by atoms with van der Waals surface area (Å²) in [7, 11) is -3.53. The lowest BCUT2D eigenvalue weighted by Crippen LogP contribution is -2.52. The highest BCUT2D eigenvalue weighted by molar-refractivity contribution is 9.10. The standard InChI is InChI=1S/C20H22BrN3O3S/c1-16-5-7-19(8-6-16)28(26,27)24-13-11-23(12-14-24)20(25)22-10-9-17-3-2-4-18(21)15-17/h2-10,15H,11-14H2,1H3,(H,22,25)/b10-9+. The highest BCUT2D eigenvalue weighted by Gasteiger charge is 2.29. The molecule has 1 saturated heterocycles. The zero-order chi connectivity index (χ0) is 20.1. The number of piperazine rings is 1. The molecule has 2 aromatic rings. The van der Waals surface area contributed by atoms with Gasteiger partial charge in [0.15, 0.2) is 0 Å². The molecule has 0 spiro atoms. The van der Waals surface area contributed by atoms with Crippen LogP contribution in [0, 0.1) is 6.92 Å². The number of carbonyl (C=O) groups excluding carboxylic acids is 1. The number of carbonyl (C=O) groups is 1. The fraction of sp³-hybridized carbons (Fsp3) is 0.250. The quantitative estimate of drug-likeness (QED) is 0.754. The van der Waals surface area contributed by atoms with Gasteiger partial charge in [-0.15, -0.1) is 0 Å². The summed E-state index contributed by atoms with van der Waals surface area (Å²) in [6.07, 6.45) is 3.40. The lowest BCUT2D eigenvalue weighted by molar-refractivity contribution is 0.175. The topological polar surface area (TPSA) is 69.7 Å². The van der Waals surface area contributed by atoms with E-state index in [1.54, 1.807) is 41.4 Å². The van der Waals surface area contributed by atoms with Crippen molar-refractivity contribution in [2.45, 2.75) is 11.8 Å². The van der Waals surface area contributed by atoms with E-state index in [0.29, 0.717) is 13.1 Å². The summed E-state index contributed by atoms with van der Waals surface area (Å²) >= 11 is 3.40. The van der Waals surface area contributed by atoms with Crippen molar-refractivity contribution in [3.8, 4) is 0 Å². The van der Waals surface area contributed by atoms with Crippen molar-refractivity contribution in [2.24, 2.45) is 0 Å². The maximum atomic E-state index is 12.7. The molecule has 8 heteroatoms. The Morgan fingerprint density at radius 2 is 1.75 bits per heavy atom. The van der Waals surface area contributed by atoms with E-state index in [0.717, 1.165) is 15.6 Å². The summed E-state index contributed by atoms with van der Waals surface area (Å²) in [5.41, 5.74) is 1.97. The van der Waals surface area contributed by atoms with Crippen molar-refractivity contribution < 1.29 is 13.2 Å². The maximum absolute atomic E-state index is 12.7. The van der Waals surface area contributed by atoms with E-state index >= 15 is 0 Å². The van der Waals surface area contributed by atoms with Crippen LogP contribution in [0.1, 0.15) is 11.1 Å². The number of urea groups is 1. The van der Waals surface area contributed by atoms with Gasteiger partial charge >= 0.3 is 6.03 Å². The minimum atomic E-state index is -3.53. The molecule has 0 bridgehead atoms. The molecule has 148 valence electrons. The number of sulfonamides is 1. The van der Waals surface area contributed by atoms with Gasteiger partial charge in [0.05, 0.1) is 4.90 Å². The predicted octanol–water partition coefficient (Wildman–Crippen LogP) is 3.44. The Morgan fingerprint density at radius 3 is 2.39 bits per heavy atom. The van der Waals surface area contributed by atoms with Crippen LogP contribution in [0.2, 0.25) is 0 Å². The molecule has 0 saturated carbocycles. The first-order valence-electron chi connectivity index (χ1n) is 8.91. The molecule has 0 atom stereocenters. The monoisotopic (exact) mass is 463 g/mol. The van der Waals surface area contributed by atoms with Crippen LogP contribution >= 0.6 is 15.9 Å². The van der Waals surface area contributed by atoms with Gasteiger partial charge in [-0.3, -0.25) is 0 Å². The van der Waals surface area contributed by atoms with Gasteiger partial charge in [0.2, 0.25) is 10.0 Å². The molecular weight excluding hydrogens is 442 g/mol. The van der Waals surface area contributed by atoms with Crippen LogP contribution < -0.4 is 5.32 Å². The molecule has 28 heavy (non-hydrogen) atoms.